The monoisotopic (exact) mass is 563 g/mol. The summed E-state index contributed by atoms with van der Waals surface area (Å²) in [6.45, 7) is 5.66. The minimum absolute atomic E-state index is 0.153. The molecule has 5 nitrogen and oxygen atoms in total. The zero-order valence-electron chi connectivity index (χ0n) is 24.9. The molecule has 1 N–H and O–H groups in total. The number of benzene rings is 4. The van der Waals surface area contributed by atoms with Crippen molar-refractivity contribution in [3.05, 3.63) is 136 Å². The fourth-order valence-electron chi connectivity index (χ4n) is 5.98. The molecule has 0 radical (unpaired) electrons. The van der Waals surface area contributed by atoms with Crippen LogP contribution in [0.4, 0.5) is 0 Å². The van der Waals surface area contributed by atoms with Crippen molar-refractivity contribution in [2.24, 2.45) is 0 Å². The highest BCUT2D eigenvalue weighted by molar-refractivity contribution is 5.72. The van der Waals surface area contributed by atoms with Gasteiger partial charge in [0.25, 0.3) is 0 Å². The number of hydrogen-bond acceptors (Lipinski definition) is 4. The van der Waals surface area contributed by atoms with Crippen LogP contribution in [0.5, 0.6) is 5.75 Å². The molecule has 5 rings (SSSR count). The smallest absolute Gasteiger partial charge is 0.333 e. The Bertz CT molecular complexity index is 1480. The van der Waals surface area contributed by atoms with Gasteiger partial charge < -0.3 is 14.6 Å². The van der Waals surface area contributed by atoms with Crippen molar-refractivity contribution in [3.8, 4) is 5.75 Å². The molecule has 2 unspecified atom stereocenters. The molecule has 1 aliphatic rings. The molecule has 0 aliphatic heterocycles. The molecule has 0 bridgehead atoms. The number of nitrogens with zero attached hydrogens (tertiary/aromatic N) is 1. The number of aliphatic carboxylic acids is 1. The van der Waals surface area contributed by atoms with Crippen LogP contribution >= 0.6 is 0 Å². The van der Waals surface area contributed by atoms with Gasteiger partial charge in [-0.25, -0.2) is 4.79 Å². The highest BCUT2D eigenvalue weighted by Gasteiger charge is 2.27. The number of ether oxygens (including phenoxy) is 2. The third kappa shape index (κ3) is 7.28. The molecular formula is C37H41NO4. The third-order valence-corrected chi connectivity index (χ3v) is 8.15. The number of fused-ring (bicyclic) bond motifs is 2. The van der Waals surface area contributed by atoms with E-state index < -0.39 is 12.1 Å². The van der Waals surface area contributed by atoms with E-state index in [0.29, 0.717) is 19.6 Å². The number of carboxylic acid groups (broad SMARTS) is 1. The summed E-state index contributed by atoms with van der Waals surface area (Å²) >= 11 is 0. The summed E-state index contributed by atoms with van der Waals surface area (Å²) < 4.78 is 11.5. The number of aryl methyl sites for hydroxylation is 3. The van der Waals surface area contributed by atoms with E-state index >= 15 is 0 Å². The fourth-order valence-corrected chi connectivity index (χ4v) is 5.98. The zero-order valence-corrected chi connectivity index (χ0v) is 24.9. The van der Waals surface area contributed by atoms with Crippen LogP contribution in [0.2, 0.25) is 0 Å². The van der Waals surface area contributed by atoms with Crippen molar-refractivity contribution in [3.63, 3.8) is 0 Å². The Kier molecular flexibility index (Phi) is 9.73. The Balaban J connectivity index is 1.30. The van der Waals surface area contributed by atoms with Gasteiger partial charge in [0.05, 0.1) is 6.04 Å². The SMILES string of the molecule is CCOC(Cc1ccc(OCCN(C)C2c3ccc(Cc4ccccc4)cc3CCc3ccc(C)cc32)cc1)C(=O)O. The molecule has 0 heterocycles. The molecule has 0 fully saturated rings. The van der Waals surface area contributed by atoms with E-state index in [0.717, 1.165) is 37.1 Å². The van der Waals surface area contributed by atoms with E-state index in [1.807, 2.05) is 24.3 Å². The van der Waals surface area contributed by atoms with Crippen LogP contribution in [-0.4, -0.2) is 48.9 Å². The van der Waals surface area contributed by atoms with Crippen molar-refractivity contribution in [1.82, 2.24) is 4.90 Å². The second-order valence-corrected chi connectivity index (χ2v) is 11.3. The first kappa shape index (κ1) is 29.6. The maximum Gasteiger partial charge on any atom is 0.333 e. The Morgan fingerprint density at radius 2 is 1.62 bits per heavy atom. The van der Waals surface area contributed by atoms with Gasteiger partial charge in [-0.05, 0) is 91.2 Å². The second-order valence-electron chi connectivity index (χ2n) is 11.3. The Morgan fingerprint density at radius 3 is 2.36 bits per heavy atom. The van der Waals surface area contributed by atoms with Crippen molar-refractivity contribution in [1.29, 1.82) is 0 Å². The lowest BCUT2D eigenvalue weighted by atomic mass is 9.91. The van der Waals surface area contributed by atoms with E-state index in [4.69, 9.17) is 9.47 Å². The molecule has 0 spiro atoms. The number of carbonyl (C=O) groups is 1. The first-order chi connectivity index (χ1) is 20.4. The fraction of sp³-hybridized carbons (Fsp3) is 0.324. The van der Waals surface area contributed by atoms with Gasteiger partial charge in [0, 0.05) is 19.6 Å². The molecule has 4 aromatic rings. The van der Waals surface area contributed by atoms with Crippen molar-refractivity contribution >= 4 is 5.97 Å². The van der Waals surface area contributed by atoms with Gasteiger partial charge in [-0.2, -0.15) is 0 Å². The molecule has 0 aromatic heterocycles. The molecule has 42 heavy (non-hydrogen) atoms. The predicted molar refractivity (Wildman–Crippen MR) is 167 cm³/mol. The first-order valence-corrected chi connectivity index (χ1v) is 14.9. The molecular weight excluding hydrogens is 522 g/mol. The summed E-state index contributed by atoms with van der Waals surface area (Å²) in [7, 11) is 2.19. The predicted octanol–water partition coefficient (Wildman–Crippen LogP) is 6.82. The standard InChI is InChI=1S/C37H41NO4/c1-4-41-35(37(39)40)25-28-11-17-32(18-12-28)42-21-20-38(3)36-33-19-13-29(23-27-8-6-5-7-9-27)24-31(33)16-15-30-14-10-26(2)22-34(30)36/h5-14,17-19,22,24,35-36H,4,15-16,20-21,23,25H2,1-3H3,(H,39,40). The molecule has 0 saturated carbocycles. The molecule has 218 valence electrons. The summed E-state index contributed by atoms with van der Waals surface area (Å²) in [4.78, 5) is 13.8. The number of rotatable bonds is 12. The highest BCUT2D eigenvalue weighted by atomic mass is 16.5. The quantitative estimate of drug-likeness (QED) is 0.205. The lowest BCUT2D eigenvalue weighted by Gasteiger charge is -2.31. The van der Waals surface area contributed by atoms with Gasteiger partial charge in [-0.3, -0.25) is 4.90 Å². The lowest BCUT2D eigenvalue weighted by Crippen LogP contribution is -2.30. The van der Waals surface area contributed by atoms with Crippen LogP contribution in [0.15, 0.2) is 91.0 Å². The van der Waals surface area contributed by atoms with Crippen molar-refractivity contribution in [2.75, 3.05) is 26.8 Å². The molecule has 2 atom stereocenters. The average molecular weight is 564 g/mol. The number of hydrogen-bond donors (Lipinski definition) is 1. The molecule has 1 aliphatic carbocycles. The molecule has 0 amide bonds. The Morgan fingerprint density at radius 1 is 0.881 bits per heavy atom. The normalized spacial score (nSPS) is 15.0. The van der Waals surface area contributed by atoms with Gasteiger partial charge >= 0.3 is 5.97 Å². The zero-order chi connectivity index (χ0) is 29.5. The van der Waals surface area contributed by atoms with Crippen LogP contribution in [0, 0.1) is 6.92 Å². The van der Waals surface area contributed by atoms with E-state index in [-0.39, 0.29) is 6.04 Å². The van der Waals surface area contributed by atoms with Crippen LogP contribution in [-0.2, 0) is 35.2 Å². The first-order valence-electron chi connectivity index (χ1n) is 14.9. The largest absolute Gasteiger partial charge is 0.492 e. The Labute approximate surface area is 249 Å². The van der Waals surface area contributed by atoms with Gasteiger partial charge in [-0.15, -0.1) is 0 Å². The summed E-state index contributed by atoms with van der Waals surface area (Å²) in [5.74, 6) is -0.164. The Hall–Kier alpha value is -3.93. The maximum absolute atomic E-state index is 11.4. The molecule has 5 heteroatoms. The summed E-state index contributed by atoms with van der Waals surface area (Å²) in [6.07, 6.45) is 2.51. The van der Waals surface area contributed by atoms with Crippen LogP contribution in [0.1, 0.15) is 57.5 Å². The van der Waals surface area contributed by atoms with Crippen LogP contribution in [0.25, 0.3) is 0 Å². The van der Waals surface area contributed by atoms with Crippen molar-refractivity contribution < 1.29 is 19.4 Å². The maximum atomic E-state index is 11.4. The number of likely N-dealkylation sites (N-methyl/N-ethyl adjacent to an activating group) is 1. The topological polar surface area (TPSA) is 59.0 Å². The van der Waals surface area contributed by atoms with E-state index in [2.05, 4.69) is 85.6 Å². The average Bonchev–Trinajstić information content (AvgIpc) is 3.14. The van der Waals surface area contributed by atoms with Gasteiger partial charge in [-0.1, -0.05) is 84.4 Å². The van der Waals surface area contributed by atoms with Crippen LogP contribution in [0.3, 0.4) is 0 Å². The highest BCUT2D eigenvalue weighted by Crippen LogP contribution is 2.37. The van der Waals surface area contributed by atoms with Crippen LogP contribution < -0.4 is 4.74 Å². The van der Waals surface area contributed by atoms with E-state index in [1.165, 1.54) is 38.9 Å². The molecule has 4 aromatic carbocycles. The van der Waals surface area contributed by atoms with E-state index in [9.17, 15) is 9.90 Å². The summed E-state index contributed by atoms with van der Waals surface area (Å²) in [5.41, 5.74) is 10.5. The minimum Gasteiger partial charge on any atom is -0.492 e. The van der Waals surface area contributed by atoms with Gasteiger partial charge in [0.2, 0.25) is 0 Å². The third-order valence-electron chi connectivity index (χ3n) is 8.15. The van der Waals surface area contributed by atoms with Crippen molar-refractivity contribution in [2.45, 2.75) is 51.7 Å². The molecule has 0 saturated heterocycles. The van der Waals surface area contributed by atoms with E-state index in [1.54, 1.807) is 6.92 Å². The summed E-state index contributed by atoms with van der Waals surface area (Å²) in [5, 5.41) is 9.37. The lowest BCUT2D eigenvalue weighted by molar-refractivity contribution is -0.149. The van der Waals surface area contributed by atoms with Gasteiger partial charge in [0.15, 0.2) is 6.10 Å². The number of carboxylic acids is 1. The second kappa shape index (κ2) is 13.8. The van der Waals surface area contributed by atoms with Gasteiger partial charge in [0.1, 0.15) is 12.4 Å². The summed E-state index contributed by atoms with van der Waals surface area (Å²) in [6, 6.07) is 32.4. The minimum atomic E-state index is -0.940.